The van der Waals surface area contributed by atoms with Gasteiger partial charge >= 0.3 is 0 Å². The highest BCUT2D eigenvalue weighted by Gasteiger charge is 2.38. The normalized spacial score (nSPS) is 21.3. The van der Waals surface area contributed by atoms with Crippen LogP contribution in [-0.4, -0.2) is 46.3 Å². The van der Waals surface area contributed by atoms with Crippen LogP contribution in [0, 0.1) is 5.92 Å². The average Bonchev–Trinajstić information content (AvgIpc) is 2.98. The van der Waals surface area contributed by atoms with Gasteiger partial charge in [0.2, 0.25) is 11.8 Å². The van der Waals surface area contributed by atoms with E-state index in [4.69, 9.17) is 5.73 Å². The molecule has 2 aromatic carbocycles. The number of carbonyl (C=O) groups excluding carboxylic acids is 2. The fourth-order valence-corrected chi connectivity index (χ4v) is 8.02. The number of amides is 2. The van der Waals surface area contributed by atoms with Crippen molar-refractivity contribution in [3.8, 4) is 0 Å². The van der Waals surface area contributed by atoms with Crippen LogP contribution in [0.4, 0.5) is 0 Å². The molecule has 0 bridgehead atoms. The number of nitrogens with zero attached hydrogens (tertiary/aromatic N) is 1. The summed E-state index contributed by atoms with van der Waals surface area (Å²) in [6, 6.07) is 18.2. The molecule has 4 rings (SSSR count). The molecule has 7 heteroatoms. The summed E-state index contributed by atoms with van der Waals surface area (Å²) >= 11 is 0. The fraction of sp³-hybridized carbons (Fsp3) is 0.517. The summed E-state index contributed by atoms with van der Waals surface area (Å²) < 4.78 is 0. The standard InChI is InChI=1S/C29H39N3O2S2/c1-20(2)16-23(30)19-35-36-27(17-21-10-4-3-5-11-21)28(33)31-25-18-22-12-6-7-13-24(22)26-14-8-9-15-32(26)29(25)34/h3-7,10-13,20,23,25-27H,8-9,14-19,30H2,1-2H3,(H,31,33)/t23-,25-,26?,27-/m0/s1. The number of hydrogen-bond acceptors (Lipinski definition) is 5. The predicted octanol–water partition coefficient (Wildman–Crippen LogP) is 5.15. The van der Waals surface area contributed by atoms with Crippen LogP contribution in [0.1, 0.15) is 62.3 Å². The third-order valence-electron chi connectivity index (χ3n) is 7.04. The third-order valence-corrected chi connectivity index (χ3v) is 9.86. The van der Waals surface area contributed by atoms with E-state index in [1.165, 1.54) is 11.1 Å². The van der Waals surface area contributed by atoms with E-state index in [2.05, 4.69) is 49.5 Å². The van der Waals surface area contributed by atoms with E-state index < -0.39 is 6.04 Å². The number of benzene rings is 2. The lowest BCUT2D eigenvalue weighted by molar-refractivity contribution is -0.139. The van der Waals surface area contributed by atoms with Gasteiger partial charge in [-0.1, -0.05) is 90.0 Å². The van der Waals surface area contributed by atoms with Crippen molar-refractivity contribution < 1.29 is 9.59 Å². The van der Waals surface area contributed by atoms with Crippen LogP contribution < -0.4 is 11.1 Å². The van der Waals surface area contributed by atoms with Gasteiger partial charge in [-0.05, 0) is 54.7 Å². The fourth-order valence-electron chi connectivity index (χ4n) is 5.33. The van der Waals surface area contributed by atoms with Gasteiger partial charge in [-0.15, -0.1) is 0 Å². The molecule has 2 heterocycles. The Hall–Kier alpha value is -1.96. The minimum absolute atomic E-state index is 0.0549. The molecule has 194 valence electrons. The summed E-state index contributed by atoms with van der Waals surface area (Å²) in [6.45, 7) is 5.12. The molecule has 1 unspecified atom stereocenters. The second-order valence-corrected chi connectivity index (χ2v) is 13.1. The number of carbonyl (C=O) groups is 2. The molecule has 0 aromatic heterocycles. The van der Waals surface area contributed by atoms with Crippen LogP contribution in [0.15, 0.2) is 54.6 Å². The molecule has 3 N–H and O–H groups in total. The number of hydrogen-bond donors (Lipinski definition) is 2. The van der Waals surface area contributed by atoms with Gasteiger partial charge in [0.05, 0.1) is 11.3 Å². The lowest BCUT2D eigenvalue weighted by atomic mass is 9.92. The maximum absolute atomic E-state index is 13.7. The smallest absolute Gasteiger partial charge is 0.246 e. The highest BCUT2D eigenvalue weighted by atomic mass is 33.1. The Kier molecular flexibility index (Phi) is 9.80. The Bertz CT molecular complexity index is 1020. The predicted molar refractivity (Wildman–Crippen MR) is 152 cm³/mol. The number of rotatable bonds is 10. The van der Waals surface area contributed by atoms with Gasteiger partial charge in [0.25, 0.3) is 0 Å². The van der Waals surface area contributed by atoms with Crippen molar-refractivity contribution in [2.45, 2.75) is 75.7 Å². The Morgan fingerprint density at radius 1 is 1.11 bits per heavy atom. The van der Waals surface area contributed by atoms with E-state index >= 15 is 0 Å². The lowest BCUT2D eigenvalue weighted by Crippen LogP contribution is -2.52. The molecular formula is C29H39N3O2S2. The number of piperidine rings is 1. The molecular weight excluding hydrogens is 486 g/mol. The quantitative estimate of drug-likeness (QED) is 0.420. The maximum atomic E-state index is 13.7. The van der Waals surface area contributed by atoms with Gasteiger partial charge in [-0.3, -0.25) is 9.59 Å². The molecule has 2 aromatic rings. The molecule has 5 nitrogen and oxygen atoms in total. The Morgan fingerprint density at radius 2 is 1.86 bits per heavy atom. The van der Waals surface area contributed by atoms with Gasteiger partial charge in [-0.25, -0.2) is 0 Å². The van der Waals surface area contributed by atoms with Gasteiger partial charge in [0.15, 0.2) is 0 Å². The van der Waals surface area contributed by atoms with Crippen molar-refractivity contribution in [3.63, 3.8) is 0 Å². The molecule has 4 atom stereocenters. The van der Waals surface area contributed by atoms with Crippen LogP contribution in [-0.2, 0) is 22.4 Å². The Balaban J connectivity index is 1.48. The summed E-state index contributed by atoms with van der Waals surface area (Å²) in [7, 11) is 3.25. The van der Waals surface area contributed by atoms with Crippen LogP contribution >= 0.6 is 21.6 Å². The third kappa shape index (κ3) is 7.08. The minimum atomic E-state index is -0.533. The SMILES string of the molecule is CC(C)C[C@H](N)CSS[C@@H](Cc1ccccc1)C(=O)N[C@H]1Cc2ccccc2C2CCCCN2C1=O. The van der Waals surface area contributed by atoms with E-state index in [-0.39, 0.29) is 29.1 Å². The summed E-state index contributed by atoms with van der Waals surface area (Å²) in [5.74, 6) is 1.34. The molecule has 1 fully saturated rings. The van der Waals surface area contributed by atoms with Gasteiger partial charge < -0.3 is 16.0 Å². The number of fused-ring (bicyclic) bond motifs is 3. The van der Waals surface area contributed by atoms with Crippen LogP contribution in [0.3, 0.4) is 0 Å². The molecule has 1 saturated heterocycles. The van der Waals surface area contributed by atoms with Gasteiger partial charge in [-0.2, -0.15) is 0 Å². The monoisotopic (exact) mass is 525 g/mol. The first-order valence-corrected chi connectivity index (χ1v) is 15.6. The van der Waals surface area contributed by atoms with E-state index in [1.54, 1.807) is 21.6 Å². The maximum Gasteiger partial charge on any atom is 0.246 e. The first-order valence-electron chi connectivity index (χ1n) is 13.2. The molecule has 0 saturated carbocycles. The van der Waals surface area contributed by atoms with Crippen molar-refractivity contribution in [1.82, 2.24) is 10.2 Å². The van der Waals surface area contributed by atoms with Crippen LogP contribution in [0.2, 0.25) is 0 Å². The van der Waals surface area contributed by atoms with E-state index in [9.17, 15) is 9.59 Å². The zero-order valence-electron chi connectivity index (χ0n) is 21.4. The molecule has 0 aliphatic carbocycles. The van der Waals surface area contributed by atoms with E-state index in [0.717, 1.165) is 43.5 Å². The largest absolute Gasteiger partial charge is 0.343 e. The number of nitrogens with one attached hydrogen (secondary N) is 1. The molecule has 2 aliphatic rings. The van der Waals surface area contributed by atoms with Gasteiger partial charge in [0, 0.05) is 24.8 Å². The minimum Gasteiger partial charge on any atom is -0.343 e. The highest BCUT2D eigenvalue weighted by molar-refractivity contribution is 8.77. The molecule has 0 spiro atoms. The first-order chi connectivity index (χ1) is 17.4. The van der Waals surface area contributed by atoms with E-state index in [1.807, 2.05) is 29.2 Å². The topological polar surface area (TPSA) is 75.4 Å². The van der Waals surface area contributed by atoms with Crippen molar-refractivity contribution in [1.29, 1.82) is 0 Å². The van der Waals surface area contributed by atoms with Gasteiger partial charge in [0.1, 0.15) is 6.04 Å². The lowest BCUT2D eigenvalue weighted by Gasteiger charge is -2.36. The highest BCUT2D eigenvalue weighted by Crippen LogP contribution is 2.37. The van der Waals surface area contributed by atoms with Crippen molar-refractivity contribution >= 4 is 33.4 Å². The summed E-state index contributed by atoms with van der Waals surface area (Å²) in [5.41, 5.74) is 9.83. The molecule has 2 aliphatic heterocycles. The zero-order valence-corrected chi connectivity index (χ0v) is 23.0. The van der Waals surface area contributed by atoms with Crippen molar-refractivity contribution in [3.05, 3.63) is 71.3 Å². The van der Waals surface area contributed by atoms with Crippen molar-refractivity contribution in [2.24, 2.45) is 11.7 Å². The summed E-state index contributed by atoms with van der Waals surface area (Å²) in [4.78, 5) is 29.3. The second-order valence-electron chi connectivity index (χ2n) is 10.5. The molecule has 0 radical (unpaired) electrons. The van der Waals surface area contributed by atoms with Crippen LogP contribution in [0.25, 0.3) is 0 Å². The first kappa shape index (κ1) is 27.1. The van der Waals surface area contributed by atoms with Crippen LogP contribution in [0.5, 0.6) is 0 Å². The van der Waals surface area contributed by atoms with Crippen molar-refractivity contribution in [2.75, 3.05) is 12.3 Å². The Labute approximate surface area is 223 Å². The van der Waals surface area contributed by atoms with E-state index in [0.29, 0.717) is 18.8 Å². The average molecular weight is 526 g/mol. The number of nitrogens with two attached hydrogens (primary N) is 1. The molecule has 36 heavy (non-hydrogen) atoms. The Morgan fingerprint density at radius 3 is 2.64 bits per heavy atom. The summed E-state index contributed by atoms with van der Waals surface area (Å²) in [6.07, 6.45) is 5.27. The summed E-state index contributed by atoms with van der Waals surface area (Å²) in [5, 5.41) is 2.88. The second kappa shape index (κ2) is 13.0. The molecule has 2 amide bonds. The zero-order chi connectivity index (χ0) is 25.5.